The maximum absolute atomic E-state index is 12.4. The van der Waals surface area contributed by atoms with Crippen molar-refractivity contribution in [2.75, 3.05) is 7.05 Å². The lowest BCUT2D eigenvalue weighted by molar-refractivity contribution is -0.908. The molecule has 1 aliphatic rings. The lowest BCUT2D eigenvalue weighted by Gasteiger charge is -2.12. The first-order valence-electron chi connectivity index (χ1n) is 7.56. The first kappa shape index (κ1) is 14.1. The summed E-state index contributed by atoms with van der Waals surface area (Å²) in [6, 6.07) is 2.15. The molecular formula is C16H18N3OS2+. The van der Waals surface area contributed by atoms with E-state index in [1.165, 1.54) is 27.3 Å². The molecule has 0 amide bonds. The molecule has 0 fully saturated rings. The van der Waals surface area contributed by atoms with Gasteiger partial charge in [-0.05, 0) is 41.7 Å². The number of rotatable bonds is 4. The third-order valence-electron chi connectivity index (χ3n) is 4.18. The fourth-order valence-corrected chi connectivity index (χ4v) is 5.17. The summed E-state index contributed by atoms with van der Waals surface area (Å²) in [5.41, 5.74) is 2.63. The summed E-state index contributed by atoms with van der Waals surface area (Å²) < 4.78 is 0. The normalized spacial score (nSPS) is 15.3. The number of hydrogen-bond donors (Lipinski definition) is 2. The summed E-state index contributed by atoms with van der Waals surface area (Å²) in [6.45, 7) is 1.69. The minimum atomic E-state index is 0.0442. The van der Waals surface area contributed by atoms with Crippen LogP contribution in [0.1, 0.15) is 28.2 Å². The Morgan fingerprint density at radius 3 is 3.09 bits per heavy atom. The van der Waals surface area contributed by atoms with Gasteiger partial charge in [-0.25, -0.2) is 4.98 Å². The second kappa shape index (κ2) is 5.61. The van der Waals surface area contributed by atoms with Gasteiger partial charge in [-0.3, -0.25) is 4.79 Å². The highest BCUT2D eigenvalue weighted by atomic mass is 32.1. The highest BCUT2D eigenvalue weighted by Gasteiger charge is 2.21. The number of nitrogens with one attached hydrogen (secondary N) is 2. The fraction of sp³-hybridized carbons (Fsp3) is 0.375. The van der Waals surface area contributed by atoms with Crippen LogP contribution in [-0.4, -0.2) is 17.0 Å². The second-order valence-electron chi connectivity index (χ2n) is 5.99. The molecule has 3 aromatic heterocycles. The van der Waals surface area contributed by atoms with Crippen LogP contribution in [0.2, 0.25) is 0 Å². The maximum Gasteiger partial charge on any atom is 0.260 e. The standard InChI is InChI=1S/C16H17N3OS2/c1-19(7-10-5-6-21-9-10)8-13-17-15(20)14-11-3-2-4-12(11)22-16(14)18-13/h5-6,9H,2-4,7-8H2,1H3,(H,17,18,20)/p+1. The number of quaternary nitrogens is 1. The lowest BCUT2D eigenvalue weighted by atomic mass is 10.2. The van der Waals surface area contributed by atoms with Crippen molar-refractivity contribution in [2.45, 2.75) is 32.4 Å². The molecule has 1 atom stereocenters. The molecule has 0 saturated carbocycles. The van der Waals surface area contributed by atoms with E-state index in [9.17, 15) is 4.79 Å². The van der Waals surface area contributed by atoms with Gasteiger partial charge >= 0.3 is 0 Å². The Morgan fingerprint density at radius 2 is 2.27 bits per heavy atom. The molecule has 22 heavy (non-hydrogen) atoms. The van der Waals surface area contributed by atoms with E-state index in [0.717, 1.165) is 42.0 Å². The molecule has 114 valence electrons. The number of aromatic amines is 1. The summed E-state index contributed by atoms with van der Waals surface area (Å²) in [4.78, 5) is 23.7. The lowest BCUT2D eigenvalue weighted by Crippen LogP contribution is -3.06. The maximum atomic E-state index is 12.4. The molecule has 0 spiro atoms. The highest BCUT2D eigenvalue weighted by Crippen LogP contribution is 2.34. The second-order valence-corrected chi connectivity index (χ2v) is 7.86. The van der Waals surface area contributed by atoms with Crippen molar-refractivity contribution in [3.05, 3.63) is 49.0 Å². The Morgan fingerprint density at radius 1 is 1.36 bits per heavy atom. The molecule has 0 saturated heterocycles. The van der Waals surface area contributed by atoms with Gasteiger partial charge in [-0.1, -0.05) is 0 Å². The summed E-state index contributed by atoms with van der Waals surface area (Å²) in [5.74, 6) is 0.796. The van der Waals surface area contributed by atoms with E-state index in [2.05, 4.69) is 28.9 Å². The van der Waals surface area contributed by atoms with Gasteiger partial charge in [0.15, 0.2) is 5.82 Å². The van der Waals surface area contributed by atoms with Crippen molar-refractivity contribution in [3.63, 3.8) is 0 Å². The number of nitrogens with zero attached hydrogens (tertiary/aromatic N) is 1. The van der Waals surface area contributed by atoms with Crippen LogP contribution in [0.25, 0.3) is 10.2 Å². The van der Waals surface area contributed by atoms with Gasteiger partial charge in [0, 0.05) is 10.4 Å². The van der Waals surface area contributed by atoms with E-state index in [0.29, 0.717) is 0 Å². The average Bonchev–Trinajstić information content (AvgIpc) is 3.14. The van der Waals surface area contributed by atoms with Crippen molar-refractivity contribution in [1.29, 1.82) is 0 Å². The zero-order valence-electron chi connectivity index (χ0n) is 12.4. The highest BCUT2D eigenvalue weighted by molar-refractivity contribution is 7.18. The third-order valence-corrected chi connectivity index (χ3v) is 6.10. The predicted molar refractivity (Wildman–Crippen MR) is 90.9 cm³/mol. The topological polar surface area (TPSA) is 50.2 Å². The van der Waals surface area contributed by atoms with Crippen molar-refractivity contribution >= 4 is 32.9 Å². The van der Waals surface area contributed by atoms with E-state index < -0.39 is 0 Å². The first-order valence-corrected chi connectivity index (χ1v) is 9.32. The van der Waals surface area contributed by atoms with Crippen LogP contribution < -0.4 is 10.5 Å². The van der Waals surface area contributed by atoms with Gasteiger partial charge in [0.1, 0.15) is 17.9 Å². The molecule has 0 aliphatic heterocycles. The summed E-state index contributed by atoms with van der Waals surface area (Å²) >= 11 is 3.43. The van der Waals surface area contributed by atoms with Gasteiger partial charge in [0.2, 0.25) is 0 Å². The zero-order valence-corrected chi connectivity index (χ0v) is 14.1. The van der Waals surface area contributed by atoms with Crippen LogP contribution in [0, 0.1) is 0 Å². The smallest absolute Gasteiger partial charge is 0.260 e. The summed E-state index contributed by atoms with van der Waals surface area (Å²) in [7, 11) is 2.14. The molecule has 3 heterocycles. The molecule has 6 heteroatoms. The third kappa shape index (κ3) is 2.51. The van der Waals surface area contributed by atoms with Gasteiger partial charge in [-0.2, -0.15) is 11.3 Å². The van der Waals surface area contributed by atoms with Gasteiger partial charge in [0.25, 0.3) is 5.56 Å². The molecule has 1 unspecified atom stereocenters. The van der Waals surface area contributed by atoms with Crippen molar-refractivity contribution in [1.82, 2.24) is 9.97 Å². The van der Waals surface area contributed by atoms with Crippen molar-refractivity contribution in [2.24, 2.45) is 0 Å². The Bertz CT molecular complexity index is 864. The number of thiophene rings is 2. The Balaban J connectivity index is 1.61. The van der Waals surface area contributed by atoms with Crippen LogP contribution in [-0.2, 0) is 25.9 Å². The Hall–Kier alpha value is -1.50. The van der Waals surface area contributed by atoms with Crippen LogP contribution in [0.5, 0.6) is 0 Å². The van der Waals surface area contributed by atoms with Crippen LogP contribution in [0.15, 0.2) is 21.6 Å². The van der Waals surface area contributed by atoms with Crippen molar-refractivity contribution < 1.29 is 4.90 Å². The Kier molecular flexibility index (Phi) is 3.60. The van der Waals surface area contributed by atoms with Crippen LogP contribution in [0.3, 0.4) is 0 Å². The molecular weight excluding hydrogens is 314 g/mol. The molecule has 2 N–H and O–H groups in total. The minimum Gasteiger partial charge on any atom is -0.327 e. The molecule has 3 aromatic rings. The molecule has 0 radical (unpaired) electrons. The average molecular weight is 332 g/mol. The predicted octanol–water partition coefficient (Wildman–Crippen LogP) is 1.75. The molecule has 1 aliphatic carbocycles. The molecule has 0 bridgehead atoms. The van der Waals surface area contributed by atoms with Crippen LogP contribution >= 0.6 is 22.7 Å². The number of fused-ring (bicyclic) bond motifs is 3. The van der Waals surface area contributed by atoms with Crippen molar-refractivity contribution in [3.8, 4) is 0 Å². The van der Waals surface area contributed by atoms with E-state index in [-0.39, 0.29) is 5.56 Å². The van der Waals surface area contributed by atoms with E-state index >= 15 is 0 Å². The first-order chi connectivity index (χ1) is 10.7. The van der Waals surface area contributed by atoms with E-state index in [1.807, 2.05) is 0 Å². The number of aryl methyl sites for hydroxylation is 2. The SMILES string of the molecule is C[NH+](Cc1ccsc1)Cc1nc2sc3c(c2c(=O)[nH]1)CCC3. The largest absolute Gasteiger partial charge is 0.327 e. The van der Waals surface area contributed by atoms with Crippen LogP contribution in [0.4, 0.5) is 0 Å². The molecule has 4 rings (SSSR count). The number of H-pyrrole nitrogens is 1. The summed E-state index contributed by atoms with van der Waals surface area (Å²) in [6.07, 6.45) is 3.31. The Labute approximate surface area is 136 Å². The summed E-state index contributed by atoms with van der Waals surface area (Å²) in [5, 5.41) is 5.12. The molecule has 4 nitrogen and oxygen atoms in total. The van der Waals surface area contributed by atoms with E-state index in [4.69, 9.17) is 4.98 Å². The quantitative estimate of drug-likeness (QED) is 0.765. The number of hydrogen-bond acceptors (Lipinski definition) is 4. The van der Waals surface area contributed by atoms with Gasteiger partial charge in [-0.15, -0.1) is 11.3 Å². The number of aromatic nitrogens is 2. The van der Waals surface area contributed by atoms with E-state index in [1.54, 1.807) is 22.7 Å². The molecule has 0 aromatic carbocycles. The zero-order chi connectivity index (χ0) is 15.1. The monoisotopic (exact) mass is 332 g/mol. The van der Waals surface area contributed by atoms with Gasteiger partial charge < -0.3 is 9.88 Å². The van der Waals surface area contributed by atoms with Gasteiger partial charge in [0.05, 0.1) is 12.4 Å². The fourth-order valence-electron chi connectivity index (χ4n) is 3.22. The minimum absolute atomic E-state index is 0.0442.